The Kier molecular flexibility index (Phi) is 4.52. The molecule has 2 N–H and O–H groups in total. The van der Waals surface area contributed by atoms with Crippen LogP contribution in [0.2, 0.25) is 0 Å². The van der Waals surface area contributed by atoms with Gasteiger partial charge in [0.25, 0.3) is 0 Å². The van der Waals surface area contributed by atoms with E-state index in [2.05, 4.69) is 44.5 Å². The van der Waals surface area contributed by atoms with Crippen molar-refractivity contribution in [1.29, 1.82) is 0 Å². The maximum Gasteiger partial charge on any atom is 0.374 e. The smallest absolute Gasteiger partial charge is 0.374 e. The molecule has 1 unspecified atom stereocenters. The van der Waals surface area contributed by atoms with Crippen molar-refractivity contribution >= 4 is 22.6 Å². The summed E-state index contributed by atoms with van der Waals surface area (Å²) in [5.74, 6) is -0.253. The fraction of sp³-hybridized carbons (Fsp3) is 0.318. The lowest BCUT2D eigenvalue weighted by molar-refractivity contribution is 0.0679. The van der Waals surface area contributed by atoms with E-state index in [0.717, 1.165) is 60.9 Å². The number of nitrogens with one attached hydrogen (secondary N) is 1. The lowest BCUT2D eigenvalue weighted by Crippen LogP contribution is -2.44. The number of aromatic carboxylic acids is 1. The van der Waals surface area contributed by atoms with Crippen LogP contribution in [0.15, 0.2) is 42.5 Å². The van der Waals surface area contributed by atoms with E-state index in [0.29, 0.717) is 11.7 Å². The largest absolute Gasteiger partial charge is 0.475 e. The summed E-state index contributed by atoms with van der Waals surface area (Å²) >= 11 is 0. The fourth-order valence-corrected chi connectivity index (χ4v) is 4.22. The van der Waals surface area contributed by atoms with Gasteiger partial charge in [-0.3, -0.25) is 0 Å². The van der Waals surface area contributed by atoms with E-state index in [9.17, 15) is 9.90 Å². The van der Waals surface area contributed by atoms with Gasteiger partial charge in [0.1, 0.15) is 11.9 Å². The molecular formula is C22H22N4O3. The van der Waals surface area contributed by atoms with Gasteiger partial charge >= 0.3 is 5.97 Å². The van der Waals surface area contributed by atoms with Crippen LogP contribution in [-0.4, -0.2) is 47.2 Å². The van der Waals surface area contributed by atoms with E-state index >= 15 is 0 Å². The second-order valence-electron chi connectivity index (χ2n) is 7.41. The average Bonchev–Trinajstić information content (AvgIpc) is 2.78. The number of rotatable bonds is 3. The Morgan fingerprint density at radius 2 is 1.90 bits per heavy atom. The minimum Gasteiger partial charge on any atom is -0.475 e. The Labute approximate surface area is 168 Å². The number of carbonyl (C=O) groups is 1. The molecule has 0 aliphatic carbocycles. The number of fused-ring (bicyclic) bond motifs is 2. The van der Waals surface area contributed by atoms with Crippen LogP contribution in [-0.2, 0) is 6.42 Å². The molecule has 3 aromatic rings. The second-order valence-corrected chi connectivity index (χ2v) is 7.41. The van der Waals surface area contributed by atoms with Crippen LogP contribution in [0.1, 0.15) is 34.3 Å². The van der Waals surface area contributed by atoms with Crippen molar-refractivity contribution in [2.24, 2.45) is 0 Å². The average molecular weight is 390 g/mol. The highest BCUT2D eigenvalue weighted by Crippen LogP contribution is 2.39. The van der Waals surface area contributed by atoms with Gasteiger partial charge in [0.05, 0.1) is 5.56 Å². The van der Waals surface area contributed by atoms with Crippen molar-refractivity contribution in [1.82, 2.24) is 15.3 Å². The number of hydrogen-bond acceptors (Lipinski definition) is 6. The third kappa shape index (κ3) is 3.27. The molecule has 1 saturated heterocycles. The van der Waals surface area contributed by atoms with Gasteiger partial charge < -0.3 is 20.1 Å². The number of piperazine rings is 1. The maximum absolute atomic E-state index is 11.6. The summed E-state index contributed by atoms with van der Waals surface area (Å²) < 4.78 is 6.29. The minimum atomic E-state index is -1.14. The van der Waals surface area contributed by atoms with E-state index < -0.39 is 5.97 Å². The Hall–Kier alpha value is -3.19. The molecule has 2 aromatic carbocycles. The molecule has 0 amide bonds. The van der Waals surface area contributed by atoms with Crippen molar-refractivity contribution in [2.75, 3.05) is 31.1 Å². The molecule has 7 heteroatoms. The van der Waals surface area contributed by atoms with Crippen LogP contribution in [0.25, 0.3) is 10.8 Å². The number of aromatic nitrogens is 2. The molecule has 1 atom stereocenters. The van der Waals surface area contributed by atoms with Gasteiger partial charge in [-0.15, -0.1) is 0 Å². The number of carboxylic acids is 1. The Morgan fingerprint density at radius 1 is 1.10 bits per heavy atom. The normalized spacial score (nSPS) is 18.9. The third-order valence-corrected chi connectivity index (χ3v) is 5.64. The third-order valence-electron chi connectivity index (χ3n) is 5.64. The number of nitrogens with zero attached hydrogens (tertiary/aromatic N) is 3. The van der Waals surface area contributed by atoms with E-state index in [4.69, 9.17) is 4.74 Å². The number of carboxylic acid groups (broad SMARTS) is 1. The van der Waals surface area contributed by atoms with Crippen molar-refractivity contribution in [3.8, 4) is 5.88 Å². The number of hydrogen-bond donors (Lipinski definition) is 2. The molecule has 0 radical (unpaired) electrons. The zero-order valence-corrected chi connectivity index (χ0v) is 16.0. The first-order valence-electron chi connectivity index (χ1n) is 9.95. The summed E-state index contributed by atoms with van der Waals surface area (Å²) in [5, 5.41) is 15.1. The monoisotopic (exact) mass is 390 g/mol. The van der Waals surface area contributed by atoms with Gasteiger partial charge in [0.15, 0.2) is 0 Å². The first-order valence-corrected chi connectivity index (χ1v) is 9.95. The predicted molar refractivity (Wildman–Crippen MR) is 110 cm³/mol. The highest BCUT2D eigenvalue weighted by Gasteiger charge is 2.30. The van der Waals surface area contributed by atoms with E-state index in [1.54, 1.807) is 0 Å². The molecule has 7 nitrogen and oxygen atoms in total. The number of anilines is 1. The molecule has 0 saturated carbocycles. The SMILES string of the molecule is O=C(O)c1nc2c(c(N3CCNCC3)n1)CCC(c1cccc3ccccc13)O2. The van der Waals surface area contributed by atoms with E-state index in [-0.39, 0.29) is 11.9 Å². The molecule has 2 aliphatic rings. The van der Waals surface area contributed by atoms with Gasteiger partial charge in [-0.2, -0.15) is 4.98 Å². The van der Waals surface area contributed by atoms with Crippen molar-refractivity contribution in [3.63, 3.8) is 0 Å². The summed E-state index contributed by atoms with van der Waals surface area (Å²) in [6.45, 7) is 3.27. The predicted octanol–water partition coefficient (Wildman–Crippen LogP) is 2.80. The van der Waals surface area contributed by atoms with E-state index in [1.807, 2.05) is 18.2 Å². The minimum absolute atomic E-state index is 0.166. The first kappa shape index (κ1) is 17.9. The van der Waals surface area contributed by atoms with Gasteiger partial charge in [-0.1, -0.05) is 42.5 Å². The fourth-order valence-electron chi connectivity index (χ4n) is 4.22. The molecular weight excluding hydrogens is 368 g/mol. The van der Waals surface area contributed by atoms with Crippen LogP contribution in [0.4, 0.5) is 5.82 Å². The van der Waals surface area contributed by atoms with Gasteiger partial charge in [-0.05, 0) is 23.6 Å². The molecule has 29 heavy (non-hydrogen) atoms. The maximum atomic E-state index is 11.6. The van der Waals surface area contributed by atoms with Crippen molar-refractivity contribution in [2.45, 2.75) is 18.9 Å². The van der Waals surface area contributed by atoms with Gasteiger partial charge in [-0.25, -0.2) is 9.78 Å². The lowest BCUT2D eigenvalue weighted by Gasteiger charge is -2.33. The summed E-state index contributed by atoms with van der Waals surface area (Å²) in [5.41, 5.74) is 2.02. The molecule has 2 aliphatic heterocycles. The molecule has 0 spiro atoms. The molecule has 148 valence electrons. The zero-order chi connectivity index (χ0) is 19.8. The topological polar surface area (TPSA) is 87.6 Å². The summed E-state index contributed by atoms with van der Waals surface area (Å²) in [4.78, 5) is 22.4. The first-order chi connectivity index (χ1) is 14.2. The molecule has 3 heterocycles. The van der Waals surface area contributed by atoms with Crippen molar-refractivity contribution < 1.29 is 14.6 Å². The quantitative estimate of drug-likeness (QED) is 0.711. The highest BCUT2D eigenvalue weighted by atomic mass is 16.5. The standard InChI is InChI=1S/C22H22N4O3/c27-22(28)19-24-20(26-12-10-23-11-13-26)17-8-9-18(29-21(17)25-19)16-7-3-5-14-4-1-2-6-15(14)16/h1-7,18,23H,8-13H2,(H,27,28). The summed E-state index contributed by atoms with van der Waals surface area (Å²) in [6.07, 6.45) is 1.39. The second kappa shape index (κ2) is 7.33. The summed E-state index contributed by atoms with van der Waals surface area (Å²) in [7, 11) is 0. The van der Waals surface area contributed by atoms with E-state index in [1.165, 1.54) is 0 Å². The van der Waals surface area contributed by atoms with Crippen LogP contribution < -0.4 is 15.0 Å². The van der Waals surface area contributed by atoms with Crippen molar-refractivity contribution in [3.05, 3.63) is 59.4 Å². The molecule has 1 aromatic heterocycles. The zero-order valence-electron chi connectivity index (χ0n) is 16.0. The molecule has 5 rings (SSSR count). The Morgan fingerprint density at radius 3 is 2.72 bits per heavy atom. The van der Waals surface area contributed by atoms with Crippen LogP contribution >= 0.6 is 0 Å². The van der Waals surface area contributed by atoms with Crippen LogP contribution in [0, 0.1) is 0 Å². The van der Waals surface area contributed by atoms with Crippen LogP contribution in [0.3, 0.4) is 0 Å². The van der Waals surface area contributed by atoms with Crippen LogP contribution in [0.5, 0.6) is 5.88 Å². The molecule has 0 bridgehead atoms. The Bertz CT molecular complexity index is 1070. The highest BCUT2D eigenvalue weighted by molar-refractivity contribution is 5.86. The number of benzene rings is 2. The molecule has 1 fully saturated rings. The number of ether oxygens (including phenoxy) is 1. The lowest BCUT2D eigenvalue weighted by atomic mass is 9.94. The summed E-state index contributed by atoms with van der Waals surface area (Å²) in [6, 6.07) is 14.4. The Balaban J connectivity index is 1.55. The van der Waals surface area contributed by atoms with Gasteiger partial charge in [0.2, 0.25) is 11.7 Å². The van der Waals surface area contributed by atoms with Gasteiger partial charge in [0, 0.05) is 31.7 Å².